The van der Waals surface area contributed by atoms with Crippen molar-refractivity contribution in [2.75, 3.05) is 6.61 Å². The quantitative estimate of drug-likeness (QED) is 0.876. The van der Waals surface area contributed by atoms with Crippen LogP contribution < -0.4 is 21.0 Å². The van der Waals surface area contributed by atoms with E-state index in [0.717, 1.165) is 45.3 Å². The van der Waals surface area contributed by atoms with Crippen LogP contribution in [0.5, 0.6) is 5.75 Å². The highest BCUT2D eigenvalue weighted by Gasteiger charge is 2.13. The average molecular weight is 327 g/mol. The second kappa shape index (κ2) is 6.64. The summed E-state index contributed by atoms with van der Waals surface area (Å²) in [6, 6.07) is 7.67. The van der Waals surface area contributed by atoms with Crippen LogP contribution in [-0.2, 0) is 0 Å². The van der Waals surface area contributed by atoms with Crippen LogP contribution in [0.3, 0.4) is 0 Å². The van der Waals surface area contributed by atoms with Gasteiger partial charge < -0.3 is 10.5 Å². The molecule has 0 spiro atoms. The third kappa shape index (κ3) is 3.07. The van der Waals surface area contributed by atoms with Crippen molar-refractivity contribution in [3.63, 3.8) is 0 Å². The number of aromatic nitrogens is 2. The summed E-state index contributed by atoms with van der Waals surface area (Å²) in [4.78, 5) is 4.76. The van der Waals surface area contributed by atoms with Crippen LogP contribution in [0.4, 0.5) is 0 Å². The lowest BCUT2D eigenvalue weighted by Crippen LogP contribution is -2.37. The summed E-state index contributed by atoms with van der Waals surface area (Å²) in [5.74, 6) is 1.63. The molecular weight excluding hydrogens is 306 g/mol. The van der Waals surface area contributed by atoms with E-state index in [1.807, 2.05) is 42.7 Å². The molecule has 2 N–H and O–H groups in total. The van der Waals surface area contributed by atoms with Crippen LogP contribution in [0, 0.1) is 4.64 Å². The fourth-order valence-corrected chi connectivity index (χ4v) is 3.16. The Morgan fingerprint density at radius 1 is 1.26 bits per heavy atom. The molecule has 0 saturated heterocycles. The van der Waals surface area contributed by atoms with Crippen molar-refractivity contribution < 1.29 is 4.74 Å². The lowest BCUT2D eigenvalue weighted by molar-refractivity contribution is 0.340. The minimum atomic E-state index is -0.205. The highest BCUT2D eigenvalue weighted by Crippen LogP contribution is 2.18. The van der Waals surface area contributed by atoms with E-state index in [9.17, 15) is 0 Å². The molecule has 0 amide bonds. The zero-order chi connectivity index (χ0) is 16.4. The van der Waals surface area contributed by atoms with Gasteiger partial charge in [-0.1, -0.05) is 24.4 Å². The van der Waals surface area contributed by atoms with Gasteiger partial charge in [0.2, 0.25) is 0 Å². The number of fused-ring (bicyclic) bond motifs is 1. The molecule has 5 heteroatoms. The molecule has 1 heterocycles. The van der Waals surface area contributed by atoms with Gasteiger partial charge in [0.05, 0.1) is 18.0 Å². The summed E-state index contributed by atoms with van der Waals surface area (Å²) in [6.07, 6.45) is 6.31. The fraction of sp³-hybridized carbons (Fsp3) is 0.333. The molecule has 0 bridgehead atoms. The molecule has 1 atom stereocenters. The first kappa shape index (κ1) is 15.9. The largest absolute Gasteiger partial charge is 0.494 e. The average Bonchev–Trinajstić information content (AvgIpc) is 2.56. The van der Waals surface area contributed by atoms with Crippen molar-refractivity contribution in [3.8, 4) is 11.4 Å². The minimum Gasteiger partial charge on any atom is -0.494 e. The minimum absolute atomic E-state index is 0.205. The van der Waals surface area contributed by atoms with Crippen molar-refractivity contribution >= 4 is 24.4 Å². The van der Waals surface area contributed by atoms with E-state index in [0.29, 0.717) is 6.61 Å². The number of hydrogen-bond acceptors (Lipinski definition) is 4. The molecule has 2 aromatic rings. The van der Waals surface area contributed by atoms with E-state index < -0.39 is 0 Å². The summed E-state index contributed by atoms with van der Waals surface area (Å²) in [5.41, 5.74) is 7.11. The lowest BCUT2D eigenvalue weighted by Gasteiger charge is -2.17. The van der Waals surface area contributed by atoms with Gasteiger partial charge >= 0.3 is 0 Å². The molecule has 4 nitrogen and oxygen atoms in total. The van der Waals surface area contributed by atoms with E-state index in [2.05, 4.69) is 12.2 Å². The highest BCUT2D eigenvalue weighted by atomic mass is 32.1. The van der Waals surface area contributed by atoms with E-state index in [1.165, 1.54) is 0 Å². The summed E-state index contributed by atoms with van der Waals surface area (Å²) in [7, 11) is 0. The van der Waals surface area contributed by atoms with E-state index in [4.69, 9.17) is 27.7 Å². The van der Waals surface area contributed by atoms with Crippen LogP contribution in [0.15, 0.2) is 24.3 Å². The molecule has 1 aliphatic rings. The van der Waals surface area contributed by atoms with Crippen LogP contribution in [0.2, 0.25) is 0 Å². The first-order valence-electron chi connectivity index (χ1n) is 7.94. The van der Waals surface area contributed by atoms with Gasteiger partial charge in [0, 0.05) is 10.9 Å². The number of hydrogen-bond donors (Lipinski definition) is 1. The van der Waals surface area contributed by atoms with Crippen molar-refractivity contribution in [1.29, 1.82) is 0 Å². The Morgan fingerprint density at radius 2 is 1.96 bits per heavy atom. The molecule has 1 aromatic heterocycles. The first-order valence-corrected chi connectivity index (χ1v) is 8.34. The predicted molar refractivity (Wildman–Crippen MR) is 95.6 cm³/mol. The molecule has 1 aliphatic carbocycles. The van der Waals surface area contributed by atoms with Gasteiger partial charge in [-0.15, -0.1) is 0 Å². The summed E-state index contributed by atoms with van der Waals surface area (Å²) >= 11 is 5.74. The maximum absolute atomic E-state index is 6.15. The third-order valence-corrected chi connectivity index (χ3v) is 4.24. The van der Waals surface area contributed by atoms with Crippen molar-refractivity contribution in [2.45, 2.75) is 32.7 Å². The molecular formula is C18H21N3OS. The Hall–Kier alpha value is -1.98. The molecule has 0 fully saturated rings. The standard InChI is InChI=1S/C18H21N3OS/c1-3-22-14-10-8-13(9-11-14)21-17(12(2)19)20-16-7-5-4-6-15(16)18(21)23/h6-12H,3-5,19H2,1-2H3. The summed E-state index contributed by atoms with van der Waals surface area (Å²) in [5, 5.41) is 1.99. The topological polar surface area (TPSA) is 53.1 Å². The third-order valence-electron chi connectivity index (χ3n) is 3.84. The zero-order valence-corrected chi connectivity index (χ0v) is 14.3. The van der Waals surface area contributed by atoms with Crippen LogP contribution in [0.25, 0.3) is 17.8 Å². The Labute approximate surface area is 140 Å². The maximum atomic E-state index is 6.15. The SMILES string of the molecule is CCOc1ccc(-n2c(C(C)N)nc3c(c2=S)=CCCC=3)cc1. The molecule has 1 unspecified atom stereocenters. The van der Waals surface area contributed by atoms with Crippen LogP contribution >= 0.6 is 12.2 Å². The molecule has 23 heavy (non-hydrogen) atoms. The zero-order valence-electron chi connectivity index (χ0n) is 13.5. The van der Waals surface area contributed by atoms with E-state index >= 15 is 0 Å². The number of rotatable bonds is 4. The second-order valence-corrected chi connectivity index (χ2v) is 6.00. The maximum Gasteiger partial charge on any atom is 0.131 e. The summed E-state index contributed by atoms with van der Waals surface area (Å²) < 4.78 is 8.25. The molecule has 120 valence electrons. The monoisotopic (exact) mass is 327 g/mol. The Balaban J connectivity index is 2.24. The van der Waals surface area contributed by atoms with Gasteiger partial charge in [-0.2, -0.15) is 0 Å². The fourth-order valence-electron chi connectivity index (χ4n) is 2.78. The first-order chi connectivity index (χ1) is 11.1. The van der Waals surface area contributed by atoms with E-state index in [-0.39, 0.29) is 6.04 Å². The molecule has 3 rings (SSSR count). The highest BCUT2D eigenvalue weighted by molar-refractivity contribution is 7.71. The molecule has 0 aliphatic heterocycles. The van der Waals surface area contributed by atoms with Gasteiger partial charge in [0.1, 0.15) is 16.2 Å². The Bertz CT molecular complexity index is 882. The predicted octanol–water partition coefficient (Wildman–Crippen LogP) is 2.37. The van der Waals surface area contributed by atoms with Crippen molar-refractivity contribution in [1.82, 2.24) is 9.55 Å². The smallest absolute Gasteiger partial charge is 0.131 e. The molecule has 1 aromatic carbocycles. The van der Waals surface area contributed by atoms with Crippen molar-refractivity contribution in [2.24, 2.45) is 5.73 Å². The second-order valence-electron chi connectivity index (χ2n) is 5.61. The van der Waals surface area contributed by atoms with Gasteiger partial charge in [-0.3, -0.25) is 4.57 Å². The normalized spacial score (nSPS) is 14.4. The van der Waals surface area contributed by atoms with Gasteiger partial charge in [0.25, 0.3) is 0 Å². The summed E-state index contributed by atoms with van der Waals surface area (Å²) in [6.45, 7) is 4.55. The van der Waals surface area contributed by atoms with Gasteiger partial charge in [-0.05, 0) is 51.0 Å². The number of benzene rings is 1. The van der Waals surface area contributed by atoms with Crippen LogP contribution in [-0.4, -0.2) is 16.2 Å². The lowest BCUT2D eigenvalue weighted by atomic mass is 10.1. The molecule has 0 saturated carbocycles. The molecule has 0 radical (unpaired) electrons. The van der Waals surface area contributed by atoms with Gasteiger partial charge in [-0.25, -0.2) is 4.98 Å². The van der Waals surface area contributed by atoms with Crippen LogP contribution in [0.1, 0.15) is 38.6 Å². The Morgan fingerprint density at radius 3 is 2.61 bits per heavy atom. The number of nitrogens with two attached hydrogens (primary N) is 1. The number of nitrogens with zero attached hydrogens (tertiary/aromatic N) is 2. The van der Waals surface area contributed by atoms with Crippen molar-refractivity contribution in [3.05, 3.63) is 45.3 Å². The Kier molecular flexibility index (Phi) is 4.59. The van der Waals surface area contributed by atoms with Gasteiger partial charge in [0.15, 0.2) is 0 Å². The van der Waals surface area contributed by atoms with E-state index in [1.54, 1.807) is 0 Å². The number of ether oxygens (including phenoxy) is 1.